The van der Waals surface area contributed by atoms with Crippen molar-refractivity contribution in [3.05, 3.63) is 23.4 Å². The van der Waals surface area contributed by atoms with Gasteiger partial charge in [-0.05, 0) is 38.2 Å². The van der Waals surface area contributed by atoms with Gasteiger partial charge in [0.1, 0.15) is 5.82 Å². The van der Waals surface area contributed by atoms with Crippen molar-refractivity contribution in [2.75, 3.05) is 39.1 Å². The lowest BCUT2D eigenvalue weighted by molar-refractivity contribution is 0.281. The van der Waals surface area contributed by atoms with E-state index in [1.54, 1.807) is 0 Å². The molecular formula is C14H25N3O. The summed E-state index contributed by atoms with van der Waals surface area (Å²) < 4.78 is 0. The molecule has 0 aromatic carbocycles. The van der Waals surface area contributed by atoms with Gasteiger partial charge in [-0.1, -0.05) is 13.3 Å². The predicted octanol–water partition coefficient (Wildman–Crippen LogP) is 1.52. The van der Waals surface area contributed by atoms with Gasteiger partial charge < -0.3 is 14.9 Å². The van der Waals surface area contributed by atoms with Crippen LogP contribution in [0.1, 0.15) is 24.6 Å². The van der Waals surface area contributed by atoms with E-state index in [2.05, 4.69) is 35.8 Å². The second-order valence-electron chi connectivity index (χ2n) is 4.96. The van der Waals surface area contributed by atoms with Crippen LogP contribution in [0.3, 0.4) is 0 Å². The fourth-order valence-electron chi connectivity index (χ4n) is 1.77. The van der Waals surface area contributed by atoms with Gasteiger partial charge in [0.2, 0.25) is 0 Å². The van der Waals surface area contributed by atoms with Crippen LogP contribution in [0.2, 0.25) is 0 Å². The Kier molecular flexibility index (Phi) is 6.09. The zero-order valence-corrected chi connectivity index (χ0v) is 12.0. The van der Waals surface area contributed by atoms with E-state index < -0.39 is 0 Å². The number of anilines is 1. The topological polar surface area (TPSA) is 39.6 Å². The van der Waals surface area contributed by atoms with Crippen LogP contribution in [0.15, 0.2) is 12.1 Å². The number of hydrogen-bond acceptors (Lipinski definition) is 4. The number of rotatable bonds is 7. The number of aliphatic hydroxyl groups is 1. The summed E-state index contributed by atoms with van der Waals surface area (Å²) in [6.45, 7) is 4.14. The Bertz CT molecular complexity index is 366. The van der Waals surface area contributed by atoms with Gasteiger partial charge in [0.15, 0.2) is 0 Å². The molecule has 0 saturated carbocycles. The zero-order chi connectivity index (χ0) is 13.5. The summed E-state index contributed by atoms with van der Waals surface area (Å²) in [4.78, 5) is 8.93. The summed E-state index contributed by atoms with van der Waals surface area (Å²) in [5.74, 6) is 0.951. The molecule has 1 N–H and O–H groups in total. The molecule has 0 radical (unpaired) electrons. The lowest BCUT2D eigenvalue weighted by atomic mass is 10.1. The van der Waals surface area contributed by atoms with Crippen molar-refractivity contribution in [2.45, 2.75) is 26.4 Å². The summed E-state index contributed by atoms with van der Waals surface area (Å²) in [7, 11) is 6.17. The predicted molar refractivity (Wildman–Crippen MR) is 76.0 cm³/mol. The average molecular weight is 251 g/mol. The number of aromatic nitrogens is 1. The monoisotopic (exact) mass is 251 g/mol. The maximum Gasteiger partial charge on any atom is 0.128 e. The van der Waals surface area contributed by atoms with Crippen molar-refractivity contribution in [3.63, 3.8) is 0 Å². The summed E-state index contributed by atoms with van der Waals surface area (Å²) in [5, 5.41) is 9.30. The Labute approximate surface area is 110 Å². The zero-order valence-electron chi connectivity index (χ0n) is 12.0. The lowest BCUT2D eigenvalue weighted by Gasteiger charge is -2.21. The van der Waals surface area contributed by atoms with E-state index in [9.17, 15) is 5.11 Å². The fraction of sp³-hybridized carbons (Fsp3) is 0.643. The first-order valence-electron chi connectivity index (χ1n) is 6.53. The van der Waals surface area contributed by atoms with Crippen LogP contribution >= 0.6 is 0 Å². The molecule has 0 aliphatic carbocycles. The SMILES string of the molecule is CCCc1cc(CO)cc(N(C)CCN(C)C)n1. The van der Waals surface area contributed by atoms with E-state index in [-0.39, 0.29) is 6.61 Å². The second kappa shape index (κ2) is 7.34. The molecule has 0 spiro atoms. The van der Waals surface area contributed by atoms with Crippen molar-refractivity contribution in [1.29, 1.82) is 0 Å². The van der Waals surface area contributed by atoms with Crippen molar-refractivity contribution < 1.29 is 5.11 Å². The van der Waals surface area contributed by atoms with Crippen molar-refractivity contribution in [3.8, 4) is 0 Å². The Morgan fingerprint density at radius 3 is 2.44 bits per heavy atom. The third-order valence-corrected chi connectivity index (χ3v) is 2.89. The van der Waals surface area contributed by atoms with Crippen LogP contribution in [-0.4, -0.2) is 49.2 Å². The first-order valence-corrected chi connectivity index (χ1v) is 6.53. The number of nitrogens with zero attached hydrogens (tertiary/aromatic N) is 3. The Morgan fingerprint density at radius 1 is 1.17 bits per heavy atom. The second-order valence-corrected chi connectivity index (χ2v) is 4.96. The molecule has 1 aromatic rings. The third kappa shape index (κ3) is 4.63. The minimum absolute atomic E-state index is 0.0771. The summed E-state index contributed by atoms with van der Waals surface area (Å²) in [6, 6.07) is 3.96. The first-order chi connectivity index (χ1) is 8.56. The van der Waals surface area contributed by atoms with Crippen molar-refractivity contribution >= 4 is 5.82 Å². The Balaban J connectivity index is 2.82. The van der Waals surface area contributed by atoms with Gasteiger partial charge in [0.25, 0.3) is 0 Å². The summed E-state index contributed by atoms with van der Waals surface area (Å²) in [6.07, 6.45) is 2.03. The lowest BCUT2D eigenvalue weighted by Crippen LogP contribution is -2.29. The molecule has 0 saturated heterocycles. The molecule has 0 aliphatic rings. The molecule has 0 aliphatic heterocycles. The highest BCUT2D eigenvalue weighted by atomic mass is 16.3. The minimum Gasteiger partial charge on any atom is -0.392 e. The van der Waals surface area contributed by atoms with E-state index in [4.69, 9.17) is 0 Å². The summed E-state index contributed by atoms with van der Waals surface area (Å²) >= 11 is 0. The van der Waals surface area contributed by atoms with Gasteiger partial charge in [-0.25, -0.2) is 4.98 Å². The van der Waals surface area contributed by atoms with Crippen LogP contribution in [0.5, 0.6) is 0 Å². The molecule has 102 valence electrons. The normalized spacial score (nSPS) is 11.0. The van der Waals surface area contributed by atoms with Gasteiger partial charge in [-0.15, -0.1) is 0 Å². The summed E-state index contributed by atoms with van der Waals surface area (Å²) in [5.41, 5.74) is 2.01. The molecule has 1 rings (SSSR count). The number of pyridine rings is 1. The van der Waals surface area contributed by atoms with Crippen LogP contribution < -0.4 is 4.90 Å². The van der Waals surface area contributed by atoms with Crippen LogP contribution in [0, 0.1) is 0 Å². The standard InChI is InChI=1S/C14H25N3O/c1-5-6-13-9-12(11-18)10-14(15-13)17(4)8-7-16(2)3/h9-10,18H,5-8,11H2,1-4H3. The molecule has 4 nitrogen and oxygen atoms in total. The smallest absolute Gasteiger partial charge is 0.128 e. The molecule has 0 bridgehead atoms. The van der Waals surface area contributed by atoms with E-state index >= 15 is 0 Å². The van der Waals surface area contributed by atoms with Gasteiger partial charge >= 0.3 is 0 Å². The molecular weight excluding hydrogens is 226 g/mol. The average Bonchev–Trinajstić information content (AvgIpc) is 2.35. The molecule has 1 heterocycles. The van der Waals surface area contributed by atoms with Gasteiger partial charge in [0.05, 0.1) is 6.61 Å². The van der Waals surface area contributed by atoms with Gasteiger partial charge in [-0.2, -0.15) is 0 Å². The molecule has 0 unspecified atom stereocenters. The number of hydrogen-bond donors (Lipinski definition) is 1. The molecule has 0 amide bonds. The maximum atomic E-state index is 9.30. The van der Waals surface area contributed by atoms with E-state index in [1.807, 2.05) is 19.2 Å². The fourth-order valence-corrected chi connectivity index (χ4v) is 1.77. The van der Waals surface area contributed by atoms with E-state index in [0.29, 0.717) is 0 Å². The number of aryl methyl sites for hydroxylation is 1. The Morgan fingerprint density at radius 2 is 1.89 bits per heavy atom. The van der Waals surface area contributed by atoms with Crippen molar-refractivity contribution in [1.82, 2.24) is 9.88 Å². The van der Waals surface area contributed by atoms with E-state index in [0.717, 1.165) is 43.0 Å². The first kappa shape index (κ1) is 14.9. The largest absolute Gasteiger partial charge is 0.392 e. The van der Waals surface area contributed by atoms with Crippen molar-refractivity contribution in [2.24, 2.45) is 0 Å². The highest BCUT2D eigenvalue weighted by molar-refractivity contribution is 5.42. The van der Waals surface area contributed by atoms with Gasteiger partial charge in [0, 0.05) is 25.8 Å². The molecule has 1 aromatic heterocycles. The van der Waals surface area contributed by atoms with Gasteiger partial charge in [-0.3, -0.25) is 0 Å². The van der Waals surface area contributed by atoms with E-state index in [1.165, 1.54) is 0 Å². The molecule has 0 atom stereocenters. The third-order valence-electron chi connectivity index (χ3n) is 2.89. The van der Waals surface area contributed by atoms with Crippen LogP contribution in [-0.2, 0) is 13.0 Å². The highest BCUT2D eigenvalue weighted by Crippen LogP contribution is 2.15. The van der Waals surface area contributed by atoms with Crippen LogP contribution in [0.4, 0.5) is 5.82 Å². The molecule has 4 heteroatoms. The minimum atomic E-state index is 0.0771. The molecule has 18 heavy (non-hydrogen) atoms. The van der Waals surface area contributed by atoms with Crippen LogP contribution in [0.25, 0.3) is 0 Å². The Hall–Kier alpha value is -1.13. The quantitative estimate of drug-likeness (QED) is 0.797. The number of likely N-dealkylation sites (N-methyl/N-ethyl adjacent to an activating group) is 2. The molecule has 0 fully saturated rings. The highest BCUT2D eigenvalue weighted by Gasteiger charge is 2.07. The maximum absolute atomic E-state index is 9.30. The number of aliphatic hydroxyl groups excluding tert-OH is 1.